The van der Waals surface area contributed by atoms with Crippen molar-refractivity contribution in [1.29, 1.82) is 0 Å². The van der Waals surface area contributed by atoms with Crippen molar-refractivity contribution >= 4 is 5.97 Å². The van der Waals surface area contributed by atoms with Crippen LogP contribution in [0.25, 0.3) is 0 Å². The first-order chi connectivity index (χ1) is 5.90. The Hall–Kier alpha value is -0.570. The van der Waals surface area contributed by atoms with E-state index in [2.05, 4.69) is 13.8 Å². The highest BCUT2D eigenvalue weighted by atomic mass is 16.5. The number of aliphatic hydroxyl groups is 1. The molecule has 0 bridgehead atoms. The Kier molecular flexibility index (Phi) is 4.99. The quantitative estimate of drug-likeness (QED) is 0.668. The van der Waals surface area contributed by atoms with Crippen molar-refractivity contribution in [3.8, 4) is 0 Å². The van der Waals surface area contributed by atoms with E-state index >= 15 is 0 Å². The smallest absolute Gasteiger partial charge is 0.337 e. The predicted octanol–water partition coefficient (Wildman–Crippen LogP) is 1.74. The summed E-state index contributed by atoms with van der Waals surface area (Å²) in [6, 6.07) is 0. The molecule has 3 heteroatoms. The van der Waals surface area contributed by atoms with Gasteiger partial charge in [0.1, 0.15) is 0 Å². The molecular weight excluding hydrogens is 168 g/mol. The molecule has 0 saturated heterocycles. The molecule has 1 N–H and O–H groups in total. The van der Waals surface area contributed by atoms with Crippen molar-refractivity contribution < 1.29 is 14.6 Å². The van der Waals surface area contributed by atoms with Crippen molar-refractivity contribution in [2.75, 3.05) is 6.61 Å². The molecule has 0 aromatic rings. The lowest BCUT2D eigenvalue weighted by molar-refractivity contribution is -0.164. The summed E-state index contributed by atoms with van der Waals surface area (Å²) >= 11 is 0. The molecule has 1 atom stereocenters. The Morgan fingerprint density at radius 1 is 1.54 bits per heavy atom. The van der Waals surface area contributed by atoms with Crippen LogP contribution < -0.4 is 0 Å². The second-order valence-corrected chi connectivity index (χ2v) is 3.93. The van der Waals surface area contributed by atoms with Gasteiger partial charge in [0.15, 0.2) is 5.60 Å². The van der Waals surface area contributed by atoms with Crippen LogP contribution in [0, 0.1) is 5.92 Å². The maximum atomic E-state index is 11.2. The van der Waals surface area contributed by atoms with E-state index in [1.54, 1.807) is 6.92 Å². The fourth-order valence-corrected chi connectivity index (χ4v) is 0.958. The van der Waals surface area contributed by atoms with Gasteiger partial charge in [0.25, 0.3) is 0 Å². The van der Waals surface area contributed by atoms with E-state index in [-0.39, 0.29) is 0 Å². The molecule has 78 valence electrons. The maximum Gasteiger partial charge on any atom is 0.337 e. The van der Waals surface area contributed by atoms with Crippen LogP contribution in [-0.2, 0) is 9.53 Å². The van der Waals surface area contributed by atoms with Crippen LogP contribution >= 0.6 is 0 Å². The first-order valence-corrected chi connectivity index (χ1v) is 4.79. The zero-order chi connectivity index (χ0) is 10.5. The average Bonchev–Trinajstić information content (AvgIpc) is 2.01. The third kappa shape index (κ3) is 4.88. The van der Waals surface area contributed by atoms with Gasteiger partial charge in [-0.05, 0) is 32.6 Å². The number of esters is 1. The van der Waals surface area contributed by atoms with Crippen molar-refractivity contribution in [2.24, 2.45) is 5.92 Å². The van der Waals surface area contributed by atoms with E-state index in [4.69, 9.17) is 4.74 Å². The van der Waals surface area contributed by atoms with Gasteiger partial charge in [-0.2, -0.15) is 0 Å². The number of carbonyl (C=O) groups excluding carboxylic acids is 1. The molecule has 0 saturated carbocycles. The normalized spacial score (nSPS) is 15.5. The Labute approximate surface area is 80.1 Å². The minimum atomic E-state index is -1.32. The van der Waals surface area contributed by atoms with Crippen LogP contribution in [0.15, 0.2) is 0 Å². The summed E-state index contributed by atoms with van der Waals surface area (Å²) in [6.07, 6.45) is 1.29. The SMILES string of the molecule is CCOC(=O)C(C)(O)CCC(C)C. The topological polar surface area (TPSA) is 46.5 Å². The van der Waals surface area contributed by atoms with E-state index in [1.807, 2.05) is 0 Å². The number of hydrogen-bond donors (Lipinski definition) is 1. The summed E-state index contributed by atoms with van der Waals surface area (Å²) in [5.74, 6) is -0.0310. The minimum Gasteiger partial charge on any atom is -0.464 e. The summed E-state index contributed by atoms with van der Waals surface area (Å²) in [5.41, 5.74) is -1.32. The van der Waals surface area contributed by atoms with Crippen LogP contribution in [0.1, 0.15) is 40.5 Å². The molecule has 0 aromatic carbocycles. The highest BCUT2D eigenvalue weighted by molar-refractivity contribution is 5.78. The number of hydrogen-bond acceptors (Lipinski definition) is 3. The van der Waals surface area contributed by atoms with Crippen LogP contribution in [0.2, 0.25) is 0 Å². The van der Waals surface area contributed by atoms with Crippen molar-refractivity contribution in [3.05, 3.63) is 0 Å². The van der Waals surface area contributed by atoms with Gasteiger partial charge in [-0.15, -0.1) is 0 Å². The number of ether oxygens (including phenoxy) is 1. The summed E-state index contributed by atoms with van der Waals surface area (Å²) in [5, 5.41) is 9.69. The van der Waals surface area contributed by atoms with Crippen molar-refractivity contribution in [2.45, 2.75) is 46.1 Å². The molecule has 3 nitrogen and oxygen atoms in total. The largest absolute Gasteiger partial charge is 0.464 e. The molecule has 0 radical (unpaired) electrons. The van der Waals surface area contributed by atoms with Crippen molar-refractivity contribution in [1.82, 2.24) is 0 Å². The third-order valence-electron chi connectivity index (χ3n) is 1.92. The van der Waals surface area contributed by atoms with Gasteiger partial charge in [0, 0.05) is 0 Å². The van der Waals surface area contributed by atoms with Gasteiger partial charge in [-0.3, -0.25) is 0 Å². The Bertz CT molecular complexity index is 162. The van der Waals surface area contributed by atoms with Gasteiger partial charge < -0.3 is 9.84 Å². The molecule has 0 aliphatic rings. The molecule has 0 rings (SSSR count). The summed E-state index contributed by atoms with van der Waals surface area (Å²) in [6.45, 7) is 7.67. The lowest BCUT2D eigenvalue weighted by Gasteiger charge is -2.21. The standard InChI is InChI=1S/C10H20O3/c1-5-13-9(11)10(4,12)7-6-8(2)3/h8,12H,5-7H2,1-4H3. The van der Waals surface area contributed by atoms with E-state index in [0.717, 1.165) is 6.42 Å². The molecule has 0 aliphatic carbocycles. The summed E-state index contributed by atoms with van der Waals surface area (Å²) < 4.78 is 4.75. The molecule has 13 heavy (non-hydrogen) atoms. The maximum absolute atomic E-state index is 11.2. The molecule has 0 spiro atoms. The van der Waals surface area contributed by atoms with Gasteiger partial charge in [-0.25, -0.2) is 4.79 Å². The minimum absolute atomic E-state index is 0.316. The fourth-order valence-electron chi connectivity index (χ4n) is 0.958. The number of rotatable bonds is 5. The van der Waals surface area contributed by atoms with Crippen LogP contribution in [0.5, 0.6) is 0 Å². The lowest BCUT2D eigenvalue weighted by Crippen LogP contribution is -2.37. The van der Waals surface area contributed by atoms with E-state index < -0.39 is 11.6 Å². The molecule has 0 amide bonds. The highest BCUT2D eigenvalue weighted by Gasteiger charge is 2.31. The zero-order valence-electron chi connectivity index (χ0n) is 8.96. The van der Waals surface area contributed by atoms with E-state index in [1.165, 1.54) is 6.92 Å². The second-order valence-electron chi connectivity index (χ2n) is 3.93. The van der Waals surface area contributed by atoms with E-state index in [0.29, 0.717) is 18.9 Å². The van der Waals surface area contributed by atoms with Crippen LogP contribution in [0.4, 0.5) is 0 Å². The summed E-state index contributed by atoms with van der Waals surface area (Å²) in [4.78, 5) is 11.2. The molecule has 0 heterocycles. The number of carbonyl (C=O) groups is 1. The van der Waals surface area contributed by atoms with Crippen LogP contribution in [-0.4, -0.2) is 23.3 Å². The van der Waals surface area contributed by atoms with Crippen molar-refractivity contribution in [3.63, 3.8) is 0 Å². The predicted molar refractivity (Wildman–Crippen MR) is 51.3 cm³/mol. The van der Waals surface area contributed by atoms with Gasteiger partial charge in [0.2, 0.25) is 0 Å². The van der Waals surface area contributed by atoms with Gasteiger partial charge in [0.05, 0.1) is 6.61 Å². The molecule has 0 aliphatic heterocycles. The van der Waals surface area contributed by atoms with Gasteiger partial charge >= 0.3 is 5.97 Å². The van der Waals surface area contributed by atoms with Crippen LogP contribution in [0.3, 0.4) is 0 Å². The Morgan fingerprint density at radius 2 is 2.08 bits per heavy atom. The highest BCUT2D eigenvalue weighted by Crippen LogP contribution is 2.17. The average molecular weight is 188 g/mol. The third-order valence-corrected chi connectivity index (χ3v) is 1.92. The zero-order valence-corrected chi connectivity index (χ0v) is 8.96. The summed E-state index contributed by atoms with van der Waals surface area (Å²) in [7, 11) is 0. The first-order valence-electron chi connectivity index (χ1n) is 4.79. The fraction of sp³-hybridized carbons (Fsp3) is 0.900. The second kappa shape index (κ2) is 5.22. The lowest BCUT2D eigenvalue weighted by atomic mass is 9.95. The first kappa shape index (κ1) is 12.4. The molecule has 0 fully saturated rings. The Morgan fingerprint density at radius 3 is 2.46 bits per heavy atom. The molecular formula is C10H20O3. The molecule has 0 aromatic heterocycles. The Balaban J connectivity index is 3.98. The monoisotopic (exact) mass is 188 g/mol. The molecule has 1 unspecified atom stereocenters. The van der Waals surface area contributed by atoms with E-state index in [9.17, 15) is 9.90 Å². The van der Waals surface area contributed by atoms with Gasteiger partial charge in [-0.1, -0.05) is 13.8 Å².